The molecule has 2 aromatic rings. The Balaban J connectivity index is 2.71. The van der Waals surface area contributed by atoms with Gasteiger partial charge in [-0.3, -0.25) is 0 Å². The molecule has 2 rings (SSSR count). The molecule has 0 atom stereocenters. The van der Waals surface area contributed by atoms with Gasteiger partial charge < -0.3 is 0 Å². The first-order valence-electron chi connectivity index (χ1n) is 5.60. The van der Waals surface area contributed by atoms with Gasteiger partial charge in [-0.15, -0.1) is 0 Å². The van der Waals surface area contributed by atoms with E-state index in [9.17, 15) is 43.9 Å². The van der Waals surface area contributed by atoms with Crippen molar-refractivity contribution in [3.8, 4) is 0 Å². The van der Waals surface area contributed by atoms with E-state index in [4.69, 9.17) is 0 Å². The maximum absolute atomic E-state index is 13.5. The molecule has 0 saturated heterocycles. The van der Waals surface area contributed by atoms with E-state index in [-0.39, 0.29) is 0 Å². The first-order valence-corrected chi connectivity index (χ1v) is 8.56. The molecule has 0 aliphatic heterocycles. The SMILES string of the molecule is Fc1c(F)c(F)[c]([GeH2][c]2c(F)c(F)c(F)c(F)c2F)c(F)c1F. The molecule has 2 aromatic carbocycles. The van der Waals surface area contributed by atoms with Crippen molar-refractivity contribution < 1.29 is 43.9 Å². The van der Waals surface area contributed by atoms with E-state index in [1.165, 1.54) is 0 Å². The summed E-state index contributed by atoms with van der Waals surface area (Å²) in [5.41, 5.74) is 0. The monoisotopic (exact) mass is 410 g/mol. The van der Waals surface area contributed by atoms with Crippen molar-refractivity contribution in [1.29, 1.82) is 0 Å². The van der Waals surface area contributed by atoms with Crippen LogP contribution in [0.15, 0.2) is 0 Å². The fraction of sp³-hybridized carbons (Fsp3) is 0. The van der Waals surface area contributed by atoms with Crippen LogP contribution in [0, 0.1) is 58.2 Å². The van der Waals surface area contributed by atoms with Crippen LogP contribution < -0.4 is 8.79 Å². The van der Waals surface area contributed by atoms with Crippen molar-refractivity contribution in [2.24, 2.45) is 0 Å². The van der Waals surface area contributed by atoms with Crippen LogP contribution >= 0.6 is 0 Å². The van der Waals surface area contributed by atoms with Crippen LogP contribution in [-0.4, -0.2) is 15.4 Å². The van der Waals surface area contributed by atoms with Gasteiger partial charge in [0.15, 0.2) is 0 Å². The van der Waals surface area contributed by atoms with Gasteiger partial charge in [0.2, 0.25) is 0 Å². The summed E-state index contributed by atoms with van der Waals surface area (Å²) in [4.78, 5) is 0. The molecule has 0 radical (unpaired) electrons. The Hall–Kier alpha value is -1.72. The van der Waals surface area contributed by atoms with Crippen LogP contribution in [0.5, 0.6) is 0 Å². The van der Waals surface area contributed by atoms with E-state index >= 15 is 0 Å². The third-order valence-corrected chi connectivity index (χ3v) is 7.04. The van der Waals surface area contributed by atoms with Crippen LogP contribution in [-0.2, 0) is 0 Å². The Kier molecular flexibility index (Phi) is 4.64. The van der Waals surface area contributed by atoms with E-state index in [0.29, 0.717) is 0 Å². The quantitative estimate of drug-likeness (QED) is 0.309. The van der Waals surface area contributed by atoms with Gasteiger partial charge in [-0.05, 0) is 0 Å². The predicted octanol–water partition coefficient (Wildman–Crippen LogP) is 2.20. The number of hydrogen-bond acceptors (Lipinski definition) is 0. The van der Waals surface area contributed by atoms with E-state index in [2.05, 4.69) is 0 Å². The van der Waals surface area contributed by atoms with E-state index in [1.807, 2.05) is 0 Å². The zero-order valence-corrected chi connectivity index (χ0v) is 13.5. The number of benzene rings is 2. The fourth-order valence-corrected chi connectivity index (χ4v) is 5.13. The molecule has 0 fully saturated rings. The summed E-state index contributed by atoms with van der Waals surface area (Å²) in [6.07, 6.45) is 0. The zero-order valence-electron chi connectivity index (χ0n) is 10.5. The molecule has 0 heterocycles. The first-order chi connectivity index (χ1) is 10.6. The molecule has 0 saturated carbocycles. The molecule has 11 heteroatoms. The van der Waals surface area contributed by atoms with Gasteiger partial charge in [0, 0.05) is 0 Å². The van der Waals surface area contributed by atoms with Gasteiger partial charge in [0.05, 0.1) is 0 Å². The third-order valence-electron chi connectivity index (χ3n) is 2.95. The standard InChI is InChI=1S/C12H2F10Ge/c13-1-3(15)7(19)11(8(20)4(1)16)23-12-9(21)5(17)2(14)6(18)10(12)22/h23H2. The summed E-state index contributed by atoms with van der Waals surface area (Å²) in [5, 5.41) is 0. The van der Waals surface area contributed by atoms with Crippen molar-refractivity contribution in [3.63, 3.8) is 0 Å². The molecule has 0 unspecified atom stereocenters. The third kappa shape index (κ3) is 2.68. The maximum atomic E-state index is 13.5. The average Bonchev–Trinajstić information content (AvgIpc) is 2.54. The second kappa shape index (κ2) is 6.06. The van der Waals surface area contributed by atoms with Gasteiger partial charge in [-0.1, -0.05) is 0 Å². The molecule has 0 N–H and O–H groups in total. The van der Waals surface area contributed by atoms with Crippen molar-refractivity contribution in [2.75, 3.05) is 0 Å². The topological polar surface area (TPSA) is 0 Å². The van der Waals surface area contributed by atoms with Gasteiger partial charge in [-0.2, -0.15) is 0 Å². The van der Waals surface area contributed by atoms with Crippen LogP contribution in [0.2, 0.25) is 0 Å². The summed E-state index contributed by atoms with van der Waals surface area (Å²) in [6, 6.07) is 0. The Labute approximate surface area is 127 Å². The molecule has 0 amide bonds. The fourth-order valence-electron chi connectivity index (χ4n) is 1.79. The molecular formula is C12H2F10Ge. The summed E-state index contributed by atoms with van der Waals surface area (Å²) in [6.45, 7) is 0. The van der Waals surface area contributed by atoms with E-state index < -0.39 is 82.4 Å². The Morgan fingerprint density at radius 1 is 0.304 bits per heavy atom. The van der Waals surface area contributed by atoms with E-state index in [1.54, 1.807) is 0 Å². The number of hydrogen-bond donors (Lipinski definition) is 0. The summed E-state index contributed by atoms with van der Waals surface area (Å²) in [5.74, 6) is -23.9. The van der Waals surface area contributed by atoms with Crippen LogP contribution in [0.1, 0.15) is 0 Å². The van der Waals surface area contributed by atoms with E-state index in [0.717, 1.165) is 0 Å². The number of halogens is 10. The molecule has 0 nitrogen and oxygen atoms in total. The predicted molar refractivity (Wildman–Crippen MR) is 60.3 cm³/mol. The summed E-state index contributed by atoms with van der Waals surface area (Å²) >= 11 is -3.79. The molecule has 23 heavy (non-hydrogen) atoms. The minimum atomic E-state index is -3.79. The second-order valence-electron chi connectivity index (χ2n) is 4.27. The molecule has 0 aliphatic rings. The average molecular weight is 409 g/mol. The minimum absolute atomic E-state index is 1.54. The Bertz CT molecular complexity index is 691. The van der Waals surface area contributed by atoms with Crippen LogP contribution in [0.3, 0.4) is 0 Å². The summed E-state index contributed by atoms with van der Waals surface area (Å²) < 4.78 is 128. The number of rotatable bonds is 2. The van der Waals surface area contributed by atoms with Gasteiger partial charge in [0.25, 0.3) is 0 Å². The Morgan fingerprint density at radius 3 is 0.696 bits per heavy atom. The summed E-state index contributed by atoms with van der Waals surface area (Å²) in [7, 11) is 0. The van der Waals surface area contributed by atoms with Gasteiger partial charge in [-0.25, -0.2) is 0 Å². The normalized spacial score (nSPS) is 11.2. The second-order valence-corrected chi connectivity index (χ2v) is 7.98. The molecule has 0 aromatic heterocycles. The first kappa shape index (κ1) is 17.6. The van der Waals surface area contributed by atoms with Crippen molar-refractivity contribution in [3.05, 3.63) is 58.2 Å². The van der Waals surface area contributed by atoms with Crippen molar-refractivity contribution in [1.82, 2.24) is 0 Å². The molecule has 0 bridgehead atoms. The van der Waals surface area contributed by atoms with Crippen LogP contribution in [0.25, 0.3) is 0 Å². The zero-order chi connectivity index (χ0) is 17.6. The van der Waals surface area contributed by atoms with Gasteiger partial charge in [0.1, 0.15) is 0 Å². The van der Waals surface area contributed by atoms with Gasteiger partial charge >= 0.3 is 126 Å². The molecular weight excluding hydrogens is 407 g/mol. The van der Waals surface area contributed by atoms with Crippen LogP contribution in [0.4, 0.5) is 43.9 Å². The Morgan fingerprint density at radius 2 is 0.478 bits per heavy atom. The molecule has 0 aliphatic carbocycles. The molecule has 124 valence electrons. The van der Waals surface area contributed by atoms with Crippen molar-refractivity contribution >= 4 is 24.2 Å². The molecule has 0 spiro atoms. The van der Waals surface area contributed by atoms with Crippen molar-refractivity contribution in [2.45, 2.75) is 0 Å².